The van der Waals surface area contributed by atoms with E-state index >= 15 is 0 Å². The molecule has 2 aromatic carbocycles. The van der Waals surface area contributed by atoms with Gasteiger partial charge in [-0.25, -0.2) is 0 Å². The Kier molecular flexibility index (Phi) is 4.10. The minimum atomic E-state index is 0.682. The maximum absolute atomic E-state index is 5.86. The lowest BCUT2D eigenvalue weighted by molar-refractivity contribution is 0.476. The van der Waals surface area contributed by atoms with Crippen molar-refractivity contribution in [3.05, 3.63) is 55.5 Å². The van der Waals surface area contributed by atoms with Crippen molar-refractivity contribution in [2.45, 2.75) is 0 Å². The van der Waals surface area contributed by atoms with Crippen LogP contribution in [0.25, 0.3) is 0 Å². The van der Waals surface area contributed by atoms with Gasteiger partial charge >= 0.3 is 0 Å². The number of benzene rings is 2. The van der Waals surface area contributed by atoms with E-state index in [9.17, 15) is 0 Å². The molecule has 0 N–H and O–H groups in total. The fourth-order valence-electron chi connectivity index (χ4n) is 1.20. The smallest absolute Gasteiger partial charge is 0.141 e. The van der Waals surface area contributed by atoms with Crippen molar-refractivity contribution in [2.75, 3.05) is 0 Å². The molecule has 1 nitrogen and oxygen atoms in total. The maximum Gasteiger partial charge on any atom is 0.141 e. The molecule has 4 heteroatoms. The summed E-state index contributed by atoms with van der Waals surface area (Å²) >= 11 is 11.5. The van der Waals surface area contributed by atoms with Gasteiger partial charge in [-0.2, -0.15) is 0 Å². The van der Waals surface area contributed by atoms with Gasteiger partial charge in [0, 0.05) is 5.02 Å². The van der Waals surface area contributed by atoms with Crippen molar-refractivity contribution < 1.29 is 4.74 Å². The van der Waals surface area contributed by atoms with E-state index < -0.39 is 0 Å². The van der Waals surface area contributed by atoms with Crippen LogP contribution in [0, 0.1) is 3.57 Å². The second kappa shape index (κ2) is 5.38. The van der Waals surface area contributed by atoms with Gasteiger partial charge in [-0.15, -0.1) is 0 Å². The molecule has 82 valence electrons. The number of hydrogen-bond donors (Lipinski definition) is 0. The van der Waals surface area contributed by atoms with Crippen LogP contribution in [0.5, 0.6) is 11.5 Å². The largest absolute Gasteiger partial charge is 0.455 e. The van der Waals surface area contributed by atoms with Crippen molar-refractivity contribution in [1.29, 1.82) is 0 Å². The quantitative estimate of drug-likeness (QED) is 0.595. The first-order chi connectivity index (χ1) is 7.66. The Bertz CT molecular complexity index is 516. The van der Waals surface area contributed by atoms with E-state index in [-0.39, 0.29) is 0 Å². The van der Waals surface area contributed by atoms with E-state index in [1.165, 1.54) is 0 Å². The molecule has 0 fully saturated rings. The molecule has 0 atom stereocenters. The van der Waals surface area contributed by atoms with Gasteiger partial charge in [-0.1, -0.05) is 23.7 Å². The van der Waals surface area contributed by atoms with Gasteiger partial charge < -0.3 is 4.74 Å². The molecule has 0 amide bonds. The van der Waals surface area contributed by atoms with E-state index in [4.69, 9.17) is 16.3 Å². The zero-order chi connectivity index (χ0) is 11.5. The highest BCUT2D eigenvalue weighted by atomic mass is 127. The Labute approximate surface area is 121 Å². The molecular weight excluding hydrogens is 402 g/mol. The van der Waals surface area contributed by atoms with Crippen molar-refractivity contribution in [3.63, 3.8) is 0 Å². The Hall–Kier alpha value is -0.260. The molecule has 0 radical (unpaired) electrons. The van der Waals surface area contributed by atoms with Crippen LogP contribution in [0.3, 0.4) is 0 Å². The second-order valence-electron chi connectivity index (χ2n) is 3.11. The van der Waals surface area contributed by atoms with Crippen LogP contribution in [0.2, 0.25) is 5.02 Å². The molecule has 0 heterocycles. The average molecular weight is 409 g/mol. The fraction of sp³-hybridized carbons (Fsp3) is 0. The third-order valence-electron chi connectivity index (χ3n) is 1.95. The van der Waals surface area contributed by atoms with Crippen molar-refractivity contribution >= 4 is 50.1 Å². The lowest BCUT2D eigenvalue weighted by atomic mass is 10.3. The van der Waals surface area contributed by atoms with Crippen LogP contribution in [0.4, 0.5) is 0 Å². The third-order valence-corrected chi connectivity index (χ3v) is 3.70. The molecule has 0 aromatic heterocycles. The molecule has 0 aliphatic carbocycles. The van der Waals surface area contributed by atoms with Gasteiger partial charge in [-0.05, 0) is 68.9 Å². The van der Waals surface area contributed by atoms with E-state index in [1.54, 1.807) is 6.07 Å². The molecule has 0 unspecified atom stereocenters. The molecule has 0 spiro atoms. The summed E-state index contributed by atoms with van der Waals surface area (Å²) in [7, 11) is 0. The third kappa shape index (κ3) is 2.90. The molecule has 0 bridgehead atoms. The highest BCUT2D eigenvalue weighted by Crippen LogP contribution is 2.33. The fourth-order valence-corrected chi connectivity index (χ4v) is 2.47. The summed E-state index contributed by atoms with van der Waals surface area (Å²) in [6, 6.07) is 13.3. The summed E-state index contributed by atoms with van der Waals surface area (Å²) in [5.41, 5.74) is 0. The normalized spacial score (nSPS) is 10.2. The van der Waals surface area contributed by atoms with Gasteiger partial charge in [0.1, 0.15) is 11.5 Å². The highest BCUT2D eigenvalue weighted by molar-refractivity contribution is 14.1. The molecule has 0 aliphatic rings. The van der Waals surface area contributed by atoms with Gasteiger partial charge in [0.05, 0.1) is 8.04 Å². The summed E-state index contributed by atoms with van der Waals surface area (Å²) in [5.74, 6) is 1.60. The topological polar surface area (TPSA) is 9.23 Å². The van der Waals surface area contributed by atoms with Crippen LogP contribution in [0.1, 0.15) is 0 Å². The van der Waals surface area contributed by atoms with Gasteiger partial charge in [0.2, 0.25) is 0 Å². The van der Waals surface area contributed by atoms with Crippen LogP contribution in [-0.4, -0.2) is 0 Å². The molecule has 2 aromatic rings. The summed E-state index contributed by atoms with van der Waals surface area (Å²) in [6.07, 6.45) is 0. The lowest BCUT2D eigenvalue weighted by Crippen LogP contribution is -1.87. The Morgan fingerprint density at radius 1 is 1.06 bits per heavy atom. The Morgan fingerprint density at radius 2 is 1.81 bits per heavy atom. The molecular formula is C12H7BrClIO. The minimum Gasteiger partial charge on any atom is -0.455 e. The summed E-state index contributed by atoms with van der Waals surface area (Å²) in [6.45, 7) is 0. The van der Waals surface area contributed by atoms with Crippen LogP contribution in [-0.2, 0) is 0 Å². The second-order valence-corrected chi connectivity index (χ2v) is 5.56. The SMILES string of the molecule is Clc1ccc(Oc2ccccc2I)c(Br)c1. The molecule has 0 saturated heterocycles. The Balaban J connectivity index is 2.31. The van der Waals surface area contributed by atoms with E-state index in [1.807, 2.05) is 36.4 Å². The predicted molar refractivity (Wildman–Crippen MR) is 78.4 cm³/mol. The first-order valence-electron chi connectivity index (χ1n) is 4.54. The molecule has 16 heavy (non-hydrogen) atoms. The minimum absolute atomic E-state index is 0.682. The van der Waals surface area contributed by atoms with E-state index in [2.05, 4.69) is 38.5 Å². The highest BCUT2D eigenvalue weighted by Gasteiger charge is 2.05. The standard InChI is InChI=1S/C12H7BrClIO/c13-9-7-8(14)5-6-11(9)16-12-4-2-1-3-10(12)15/h1-7H. The maximum atomic E-state index is 5.86. The van der Waals surface area contributed by atoms with Crippen molar-refractivity contribution in [2.24, 2.45) is 0 Å². The predicted octanol–water partition coefficient (Wildman–Crippen LogP) is 5.50. The van der Waals surface area contributed by atoms with Gasteiger partial charge in [-0.3, -0.25) is 0 Å². The average Bonchev–Trinajstić information content (AvgIpc) is 2.25. The first-order valence-corrected chi connectivity index (χ1v) is 6.79. The van der Waals surface area contributed by atoms with Gasteiger partial charge in [0.15, 0.2) is 0 Å². The number of hydrogen-bond acceptors (Lipinski definition) is 1. The van der Waals surface area contributed by atoms with Crippen LogP contribution >= 0.6 is 50.1 Å². The summed E-state index contributed by atoms with van der Waals surface area (Å²) in [4.78, 5) is 0. The molecule has 2 rings (SSSR count). The zero-order valence-corrected chi connectivity index (χ0v) is 12.6. The first kappa shape index (κ1) is 12.2. The molecule has 0 saturated carbocycles. The number of ether oxygens (including phenoxy) is 1. The number of halogens is 3. The van der Waals surface area contributed by atoms with Crippen molar-refractivity contribution in [1.82, 2.24) is 0 Å². The van der Waals surface area contributed by atoms with Gasteiger partial charge in [0.25, 0.3) is 0 Å². The van der Waals surface area contributed by atoms with Crippen LogP contribution < -0.4 is 4.74 Å². The van der Waals surface area contributed by atoms with E-state index in [0.717, 1.165) is 19.5 Å². The monoisotopic (exact) mass is 408 g/mol. The lowest BCUT2D eigenvalue weighted by Gasteiger charge is -2.09. The Morgan fingerprint density at radius 3 is 2.50 bits per heavy atom. The number of rotatable bonds is 2. The zero-order valence-electron chi connectivity index (χ0n) is 8.08. The summed E-state index contributed by atoms with van der Waals surface area (Å²) in [5, 5.41) is 0.682. The van der Waals surface area contributed by atoms with E-state index in [0.29, 0.717) is 5.02 Å². The summed E-state index contributed by atoms with van der Waals surface area (Å²) < 4.78 is 7.70. The van der Waals surface area contributed by atoms with Crippen molar-refractivity contribution in [3.8, 4) is 11.5 Å². The molecule has 0 aliphatic heterocycles. The van der Waals surface area contributed by atoms with Crippen LogP contribution in [0.15, 0.2) is 46.9 Å². The number of para-hydroxylation sites is 1.